The van der Waals surface area contributed by atoms with E-state index >= 15 is 0 Å². The van der Waals surface area contributed by atoms with Gasteiger partial charge in [0.2, 0.25) is 0 Å². The Kier molecular flexibility index (Phi) is 63.6. The summed E-state index contributed by atoms with van der Waals surface area (Å²) in [6.45, 7) is 15.6. The molecule has 0 saturated heterocycles. The minimum Gasteiger partial charge on any atom is -0.255 e. The zero-order valence-electron chi connectivity index (χ0n) is 12.8. The summed E-state index contributed by atoms with van der Waals surface area (Å²) < 4.78 is 1.68. The molecular weight excluding hydrogens is 262 g/mol. The largest absolute Gasteiger partial charge is 0.255 e. The van der Waals surface area contributed by atoms with Gasteiger partial charge in [0.05, 0.1) is 5.69 Å². The average molecular weight is 291 g/mol. The first-order valence-electron chi connectivity index (χ1n) is 5.91. The normalized spacial score (nSPS) is 5.41. The molecule has 0 saturated carbocycles. The van der Waals surface area contributed by atoms with Crippen molar-refractivity contribution >= 4 is 0 Å². The van der Waals surface area contributed by atoms with Crippen molar-refractivity contribution in [2.45, 2.75) is 55.4 Å². The molecule has 0 aliphatic carbocycles. The number of aryl methyl sites for hydroxylation is 2. The number of hydrogen-bond donors (Lipinski definition) is 0. The monoisotopic (exact) mass is 290 g/mol. The quantitative estimate of drug-likeness (QED) is 0.537. The van der Waals surface area contributed by atoms with E-state index in [2.05, 4.69) is 22.7 Å². The standard InChI is InChI=1S/C4H7N3.C3H4.3C2H6.Cu/c1-4-3-7(2)6-5-4;1-3-2;3*1-2;/h3H,1-2H3;1H,2H3;3*1-2H3;. The third kappa shape index (κ3) is 39.4. The van der Waals surface area contributed by atoms with Crippen LogP contribution in [0.15, 0.2) is 6.20 Å². The number of nitrogens with zero attached hydrogens (tertiary/aromatic N) is 3. The molecule has 4 heteroatoms. The summed E-state index contributed by atoms with van der Waals surface area (Å²) in [5, 5.41) is 7.41. The van der Waals surface area contributed by atoms with Gasteiger partial charge < -0.3 is 0 Å². The third-order valence-electron chi connectivity index (χ3n) is 0.717. The van der Waals surface area contributed by atoms with Crippen LogP contribution in [0.2, 0.25) is 0 Å². The molecule has 0 aromatic carbocycles. The number of hydrogen-bond acceptors (Lipinski definition) is 2. The fourth-order valence-electron chi connectivity index (χ4n) is 0.463. The maximum Gasteiger partial charge on any atom is 0.0796 e. The van der Waals surface area contributed by atoms with Crippen LogP contribution in [-0.4, -0.2) is 15.0 Å². The molecule has 0 bridgehead atoms. The van der Waals surface area contributed by atoms with Crippen LogP contribution in [0.4, 0.5) is 0 Å². The summed E-state index contributed by atoms with van der Waals surface area (Å²) in [6, 6.07) is 0. The molecule has 0 amide bonds. The molecule has 1 rings (SSSR count). The predicted molar refractivity (Wildman–Crippen MR) is 74.3 cm³/mol. The Balaban J connectivity index is -0.0000000417. The van der Waals surface area contributed by atoms with Gasteiger partial charge in [-0.3, -0.25) is 4.68 Å². The zero-order valence-corrected chi connectivity index (χ0v) is 13.7. The van der Waals surface area contributed by atoms with Crippen molar-refractivity contribution in [3.05, 3.63) is 11.9 Å². The molecule has 0 aliphatic heterocycles. The molecule has 0 aliphatic rings. The van der Waals surface area contributed by atoms with Gasteiger partial charge in [0.1, 0.15) is 0 Å². The molecule has 0 atom stereocenters. The van der Waals surface area contributed by atoms with Crippen molar-refractivity contribution in [1.82, 2.24) is 15.0 Å². The van der Waals surface area contributed by atoms with Crippen LogP contribution >= 0.6 is 0 Å². The van der Waals surface area contributed by atoms with E-state index in [4.69, 9.17) is 0 Å². The van der Waals surface area contributed by atoms with E-state index in [1.807, 2.05) is 61.7 Å². The number of rotatable bonds is 0. The van der Waals surface area contributed by atoms with Crippen LogP contribution in [0.5, 0.6) is 0 Å². The molecule has 0 unspecified atom stereocenters. The van der Waals surface area contributed by atoms with Crippen molar-refractivity contribution in [3.63, 3.8) is 0 Å². The summed E-state index contributed by atoms with van der Waals surface area (Å²) >= 11 is 0. The number of aromatic nitrogens is 3. The Labute approximate surface area is 119 Å². The zero-order chi connectivity index (χ0) is 14.0. The Morgan fingerprint density at radius 2 is 1.41 bits per heavy atom. The van der Waals surface area contributed by atoms with Crippen molar-refractivity contribution in [3.8, 4) is 12.3 Å². The Morgan fingerprint density at radius 3 is 1.47 bits per heavy atom. The number of terminal acetylenes is 1. The van der Waals surface area contributed by atoms with Crippen molar-refractivity contribution < 1.29 is 17.1 Å². The molecule has 1 heterocycles. The van der Waals surface area contributed by atoms with Crippen LogP contribution in [0.1, 0.15) is 54.2 Å². The molecule has 3 nitrogen and oxygen atoms in total. The van der Waals surface area contributed by atoms with Gasteiger partial charge in [-0.1, -0.05) is 46.8 Å². The van der Waals surface area contributed by atoms with E-state index in [9.17, 15) is 0 Å². The average Bonchev–Trinajstić information content (AvgIpc) is 2.72. The smallest absolute Gasteiger partial charge is 0.0796 e. The van der Waals surface area contributed by atoms with E-state index in [1.54, 1.807) is 11.6 Å². The van der Waals surface area contributed by atoms with Gasteiger partial charge in [-0.2, -0.15) is 0 Å². The summed E-state index contributed by atoms with van der Waals surface area (Å²) in [6.07, 6.45) is 6.46. The first-order chi connectivity index (χ1) is 7.70. The van der Waals surface area contributed by atoms with Crippen LogP contribution in [0, 0.1) is 19.3 Å². The SMILES string of the molecule is C#CC.CC.CC.CC.Cc1cn(C)nn1.[Cu]. The summed E-state index contributed by atoms with van der Waals surface area (Å²) in [5.41, 5.74) is 0.961. The van der Waals surface area contributed by atoms with Gasteiger partial charge in [0.25, 0.3) is 0 Å². The minimum atomic E-state index is 0. The van der Waals surface area contributed by atoms with Gasteiger partial charge in [0.15, 0.2) is 0 Å². The van der Waals surface area contributed by atoms with Gasteiger partial charge in [0, 0.05) is 30.3 Å². The first-order valence-corrected chi connectivity index (χ1v) is 5.91. The van der Waals surface area contributed by atoms with Crippen LogP contribution in [-0.2, 0) is 24.1 Å². The maximum absolute atomic E-state index is 4.60. The van der Waals surface area contributed by atoms with E-state index in [0.717, 1.165) is 5.69 Å². The molecule has 1 aromatic rings. The first kappa shape index (κ1) is 29.8. The molecular formula is C13H29CuN3. The Bertz CT molecular complexity index is 210. The van der Waals surface area contributed by atoms with E-state index in [-0.39, 0.29) is 17.1 Å². The molecule has 1 aromatic heterocycles. The summed E-state index contributed by atoms with van der Waals surface area (Å²) in [5.74, 6) is 2.25. The molecule has 0 spiro atoms. The fourth-order valence-corrected chi connectivity index (χ4v) is 0.463. The minimum absolute atomic E-state index is 0. The van der Waals surface area contributed by atoms with Crippen LogP contribution < -0.4 is 0 Å². The Morgan fingerprint density at radius 1 is 1.12 bits per heavy atom. The van der Waals surface area contributed by atoms with Crippen molar-refractivity contribution in [2.75, 3.05) is 0 Å². The third-order valence-corrected chi connectivity index (χ3v) is 0.717. The molecule has 107 valence electrons. The predicted octanol–water partition coefficient (Wildman–Crippen LogP) is 3.84. The van der Waals surface area contributed by atoms with Crippen molar-refractivity contribution in [2.24, 2.45) is 7.05 Å². The molecule has 1 radical (unpaired) electrons. The van der Waals surface area contributed by atoms with E-state index in [1.165, 1.54) is 0 Å². The molecule has 0 fully saturated rings. The molecule has 0 N–H and O–H groups in total. The Hall–Kier alpha value is -0.781. The van der Waals surface area contributed by atoms with Gasteiger partial charge in [-0.05, 0) is 13.8 Å². The van der Waals surface area contributed by atoms with Crippen LogP contribution in [0.25, 0.3) is 0 Å². The second-order valence-corrected chi connectivity index (χ2v) is 1.82. The van der Waals surface area contributed by atoms with Gasteiger partial charge >= 0.3 is 0 Å². The van der Waals surface area contributed by atoms with Gasteiger partial charge in [-0.15, -0.1) is 17.4 Å². The van der Waals surface area contributed by atoms with Crippen molar-refractivity contribution in [1.29, 1.82) is 0 Å². The second kappa shape index (κ2) is 36.2. The van der Waals surface area contributed by atoms with E-state index < -0.39 is 0 Å². The van der Waals surface area contributed by atoms with Gasteiger partial charge in [-0.25, -0.2) is 0 Å². The molecule has 17 heavy (non-hydrogen) atoms. The topological polar surface area (TPSA) is 30.7 Å². The maximum atomic E-state index is 4.60. The second-order valence-electron chi connectivity index (χ2n) is 1.82. The fraction of sp³-hybridized carbons (Fsp3) is 0.692. The van der Waals surface area contributed by atoms with E-state index in [0.29, 0.717) is 0 Å². The van der Waals surface area contributed by atoms with Crippen LogP contribution in [0.3, 0.4) is 0 Å². The summed E-state index contributed by atoms with van der Waals surface area (Å²) in [4.78, 5) is 0. The summed E-state index contributed by atoms with van der Waals surface area (Å²) in [7, 11) is 1.85.